The Hall–Kier alpha value is -0.880. The van der Waals surface area contributed by atoms with Gasteiger partial charge in [0.05, 0.1) is 19.5 Å². The maximum Gasteiger partial charge on any atom is 0.233 e. The summed E-state index contributed by atoms with van der Waals surface area (Å²) in [5.74, 6) is 1.32. The molecule has 1 amide bonds. The number of amides is 1. The van der Waals surface area contributed by atoms with Crippen molar-refractivity contribution in [2.24, 2.45) is 0 Å². The van der Waals surface area contributed by atoms with Crippen molar-refractivity contribution in [2.45, 2.75) is 18.7 Å². The fourth-order valence-electron chi connectivity index (χ4n) is 1.46. The summed E-state index contributed by atoms with van der Waals surface area (Å²) < 4.78 is 11.3. The predicted molar refractivity (Wildman–Crippen MR) is 82.1 cm³/mol. The standard InChI is InChI=1S/C13H18BrNO3S/c1-8(19-4)13(16)15-7-9-5-11(17-2)12(18-3)6-10(9)14/h5-6,8H,7H2,1-4H3,(H,15,16)/t8-/m1/s1. The van der Waals surface area contributed by atoms with Crippen molar-refractivity contribution in [1.29, 1.82) is 0 Å². The zero-order chi connectivity index (χ0) is 14.4. The lowest BCUT2D eigenvalue weighted by atomic mass is 10.2. The van der Waals surface area contributed by atoms with E-state index in [0.29, 0.717) is 18.0 Å². The van der Waals surface area contributed by atoms with Crippen molar-refractivity contribution < 1.29 is 14.3 Å². The highest BCUT2D eigenvalue weighted by Crippen LogP contribution is 2.33. The summed E-state index contributed by atoms with van der Waals surface area (Å²) in [7, 11) is 3.18. The number of carbonyl (C=O) groups excluding carboxylic acids is 1. The lowest BCUT2D eigenvalue weighted by molar-refractivity contribution is -0.120. The Bertz CT molecular complexity index is 454. The average molecular weight is 348 g/mol. The third-order valence-electron chi connectivity index (χ3n) is 2.73. The normalized spacial score (nSPS) is 11.8. The lowest BCUT2D eigenvalue weighted by Gasteiger charge is -2.14. The van der Waals surface area contributed by atoms with E-state index in [0.717, 1.165) is 10.0 Å². The number of rotatable bonds is 6. The van der Waals surface area contributed by atoms with Gasteiger partial charge in [-0.25, -0.2) is 0 Å². The maximum absolute atomic E-state index is 11.7. The molecule has 0 bridgehead atoms. The molecule has 1 atom stereocenters. The average Bonchev–Trinajstić information content (AvgIpc) is 2.44. The van der Waals surface area contributed by atoms with Gasteiger partial charge < -0.3 is 14.8 Å². The van der Waals surface area contributed by atoms with Gasteiger partial charge in [-0.05, 0) is 30.9 Å². The molecule has 0 saturated carbocycles. The maximum atomic E-state index is 11.7. The van der Waals surface area contributed by atoms with Crippen LogP contribution >= 0.6 is 27.7 Å². The van der Waals surface area contributed by atoms with Gasteiger partial charge >= 0.3 is 0 Å². The lowest BCUT2D eigenvalue weighted by Crippen LogP contribution is -2.30. The fourth-order valence-corrected chi connectivity index (χ4v) is 2.22. The van der Waals surface area contributed by atoms with Gasteiger partial charge in [0.2, 0.25) is 5.91 Å². The molecule has 1 aromatic carbocycles. The Morgan fingerprint density at radius 3 is 2.47 bits per heavy atom. The summed E-state index contributed by atoms with van der Waals surface area (Å²) in [6, 6.07) is 3.69. The van der Waals surface area contributed by atoms with Crippen LogP contribution < -0.4 is 14.8 Å². The molecule has 0 aliphatic carbocycles. The van der Waals surface area contributed by atoms with Crippen LogP contribution in [-0.4, -0.2) is 31.6 Å². The number of methoxy groups -OCH3 is 2. The fraction of sp³-hybridized carbons (Fsp3) is 0.462. The minimum absolute atomic E-state index is 0.0224. The Labute approximate surface area is 126 Å². The van der Waals surface area contributed by atoms with E-state index in [-0.39, 0.29) is 11.2 Å². The smallest absolute Gasteiger partial charge is 0.233 e. The topological polar surface area (TPSA) is 47.6 Å². The molecule has 0 aliphatic heterocycles. The quantitative estimate of drug-likeness (QED) is 0.859. The number of benzene rings is 1. The molecule has 0 radical (unpaired) electrons. The van der Waals surface area contributed by atoms with Crippen molar-refractivity contribution in [1.82, 2.24) is 5.32 Å². The summed E-state index contributed by atoms with van der Waals surface area (Å²) >= 11 is 4.98. The number of hydrogen-bond acceptors (Lipinski definition) is 4. The molecular weight excluding hydrogens is 330 g/mol. The minimum Gasteiger partial charge on any atom is -0.493 e. The van der Waals surface area contributed by atoms with Gasteiger partial charge in [0.1, 0.15) is 0 Å². The summed E-state index contributed by atoms with van der Waals surface area (Å²) in [5, 5.41) is 2.84. The molecule has 1 rings (SSSR count). The Balaban J connectivity index is 2.81. The Morgan fingerprint density at radius 2 is 1.95 bits per heavy atom. The van der Waals surface area contributed by atoms with Gasteiger partial charge in [0.15, 0.2) is 11.5 Å². The van der Waals surface area contributed by atoms with Gasteiger partial charge in [0, 0.05) is 11.0 Å². The van der Waals surface area contributed by atoms with Crippen molar-refractivity contribution >= 4 is 33.6 Å². The summed E-state index contributed by atoms with van der Waals surface area (Å²) in [6.45, 7) is 2.33. The first-order chi connectivity index (χ1) is 9.03. The molecule has 0 unspecified atom stereocenters. The van der Waals surface area contributed by atoms with Crippen molar-refractivity contribution in [3.8, 4) is 11.5 Å². The second-order valence-corrected chi connectivity index (χ2v) is 5.93. The van der Waals surface area contributed by atoms with Crippen LogP contribution in [0.4, 0.5) is 0 Å². The minimum atomic E-state index is -0.0566. The summed E-state index contributed by atoms with van der Waals surface area (Å²) in [6.07, 6.45) is 1.91. The van der Waals surface area contributed by atoms with Crippen LogP contribution in [0.5, 0.6) is 11.5 Å². The second-order valence-electron chi connectivity index (χ2n) is 3.89. The van der Waals surface area contributed by atoms with Crippen LogP contribution in [0.25, 0.3) is 0 Å². The molecule has 0 saturated heterocycles. The summed E-state index contributed by atoms with van der Waals surface area (Å²) in [5.41, 5.74) is 0.944. The third-order valence-corrected chi connectivity index (χ3v) is 4.39. The zero-order valence-electron chi connectivity index (χ0n) is 11.5. The number of hydrogen-bond donors (Lipinski definition) is 1. The number of thioether (sulfide) groups is 1. The molecule has 0 aliphatic rings. The van der Waals surface area contributed by atoms with Gasteiger partial charge in [-0.2, -0.15) is 11.8 Å². The van der Waals surface area contributed by atoms with E-state index in [1.165, 1.54) is 11.8 Å². The van der Waals surface area contributed by atoms with Gasteiger partial charge in [-0.3, -0.25) is 4.79 Å². The first-order valence-electron chi connectivity index (χ1n) is 5.74. The van der Waals surface area contributed by atoms with E-state index in [4.69, 9.17) is 9.47 Å². The first-order valence-corrected chi connectivity index (χ1v) is 7.82. The van der Waals surface area contributed by atoms with Crippen molar-refractivity contribution in [3.63, 3.8) is 0 Å². The van der Waals surface area contributed by atoms with Gasteiger partial charge in [-0.15, -0.1) is 0 Å². The van der Waals surface area contributed by atoms with E-state index >= 15 is 0 Å². The predicted octanol–water partition coefficient (Wildman–Crippen LogP) is 2.83. The van der Waals surface area contributed by atoms with E-state index in [1.807, 2.05) is 25.3 Å². The molecule has 0 spiro atoms. The SMILES string of the molecule is COc1cc(Br)c(CNC(=O)[C@@H](C)SC)cc1OC. The number of carbonyl (C=O) groups is 1. The van der Waals surface area contributed by atoms with Crippen LogP contribution in [0, 0.1) is 0 Å². The van der Waals surface area contributed by atoms with E-state index in [2.05, 4.69) is 21.2 Å². The monoisotopic (exact) mass is 347 g/mol. The molecule has 6 heteroatoms. The zero-order valence-corrected chi connectivity index (χ0v) is 13.9. The van der Waals surface area contributed by atoms with Crippen LogP contribution in [0.15, 0.2) is 16.6 Å². The van der Waals surface area contributed by atoms with Crippen LogP contribution in [0.2, 0.25) is 0 Å². The van der Waals surface area contributed by atoms with Crippen LogP contribution in [0.1, 0.15) is 12.5 Å². The van der Waals surface area contributed by atoms with Crippen molar-refractivity contribution in [2.75, 3.05) is 20.5 Å². The van der Waals surface area contributed by atoms with Crippen LogP contribution in [-0.2, 0) is 11.3 Å². The summed E-state index contributed by atoms with van der Waals surface area (Å²) in [4.78, 5) is 11.7. The van der Waals surface area contributed by atoms with E-state index in [9.17, 15) is 4.79 Å². The highest BCUT2D eigenvalue weighted by Gasteiger charge is 2.13. The molecule has 4 nitrogen and oxygen atoms in total. The van der Waals surface area contributed by atoms with E-state index in [1.54, 1.807) is 14.2 Å². The number of nitrogens with one attached hydrogen (secondary N) is 1. The number of ether oxygens (including phenoxy) is 2. The highest BCUT2D eigenvalue weighted by molar-refractivity contribution is 9.10. The third kappa shape index (κ3) is 4.31. The van der Waals surface area contributed by atoms with Crippen molar-refractivity contribution in [3.05, 3.63) is 22.2 Å². The molecule has 106 valence electrons. The first kappa shape index (κ1) is 16.2. The van der Waals surface area contributed by atoms with E-state index < -0.39 is 0 Å². The Kier molecular flexibility index (Phi) is 6.51. The molecule has 0 aromatic heterocycles. The van der Waals surface area contributed by atoms with Gasteiger partial charge in [-0.1, -0.05) is 15.9 Å². The molecular formula is C13H18BrNO3S. The van der Waals surface area contributed by atoms with Crippen LogP contribution in [0.3, 0.4) is 0 Å². The molecule has 1 aromatic rings. The molecule has 0 fully saturated rings. The molecule has 1 N–H and O–H groups in total. The molecule has 19 heavy (non-hydrogen) atoms. The Morgan fingerprint density at radius 1 is 1.37 bits per heavy atom. The van der Waals surface area contributed by atoms with Gasteiger partial charge in [0.25, 0.3) is 0 Å². The second kappa shape index (κ2) is 7.65. The number of halogens is 1. The highest BCUT2D eigenvalue weighted by atomic mass is 79.9. The molecule has 0 heterocycles. The largest absolute Gasteiger partial charge is 0.493 e.